The maximum Gasteiger partial charge on any atom is 0.315 e. The Kier molecular flexibility index (Phi) is 4.79. The molecule has 1 atom stereocenters. The molecule has 3 rings (SSSR count). The molecule has 1 unspecified atom stereocenters. The molecule has 0 spiro atoms. The molecular formula is C17H22N6O. The van der Waals surface area contributed by atoms with Crippen molar-refractivity contribution in [3.63, 3.8) is 0 Å². The standard InChI is InChI=1S/C17H22N6O/c1-13(16-21-19-12-22(16)2)20-17(24)18-11-14-6-5-7-15(10-14)23-8-3-4-9-23/h3-7,10,12-13H,8-9,11H2,1-2H3,(H2,18,20,24). The lowest BCUT2D eigenvalue weighted by molar-refractivity contribution is 0.237. The quantitative estimate of drug-likeness (QED) is 0.821. The number of nitrogens with zero attached hydrogens (tertiary/aromatic N) is 4. The number of urea groups is 1. The molecule has 1 aromatic heterocycles. The summed E-state index contributed by atoms with van der Waals surface area (Å²) in [5, 5.41) is 13.6. The molecule has 2 amide bonds. The second-order valence-electron chi connectivity index (χ2n) is 5.90. The van der Waals surface area contributed by atoms with Crippen molar-refractivity contribution in [1.29, 1.82) is 0 Å². The highest BCUT2D eigenvalue weighted by Gasteiger charge is 2.14. The summed E-state index contributed by atoms with van der Waals surface area (Å²) in [6, 6.07) is 7.80. The molecule has 7 heteroatoms. The van der Waals surface area contributed by atoms with Crippen LogP contribution in [-0.4, -0.2) is 33.9 Å². The second-order valence-corrected chi connectivity index (χ2v) is 5.90. The zero-order chi connectivity index (χ0) is 16.9. The van der Waals surface area contributed by atoms with Crippen molar-refractivity contribution >= 4 is 11.7 Å². The molecule has 1 aromatic carbocycles. The van der Waals surface area contributed by atoms with Gasteiger partial charge in [-0.3, -0.25) is 0 Å². The first-order chi connectivity index (χ1) is 11.6. The van der Waals surface area contributed by atoms with E-state index in [-0.39, 0.29) is 12.1 Å². The Hall–Kier alpha value is -2.83. The van der Waals surface area contributed by atoms with Crippen LogP contribution in [0.3, 0.4) is 0 Å². The summed E-state index contributed by atoms with van der Waals surface area (Å²) in [7, 11) is 1.85. The highest BCUT2D eigenvalue weighted by molar-refractivity contribution is 5.74. The predicted octanol–water partition coefficient (Wildman–Crippen LogP) is 1.75. The molecule has 7 nitrogen and oxygen atoms in total. The molecule has 24 heavy (non-hydrogen) atoms. The van der Waals surface area contributed by atoms with Crippen LogP contribution in [0.15, 0.2) is 42.7 Å². The van der Waals surface area contributed by atoms with Gasteiger partial charge in [-0.2, -0.15) is 0 Å². The van der Waals surface area contributed by atoms with Crippen LogP contribution in [-0.2, 0) is 13.6 Å². The molecule has 126 valence electrons. The number of carbonyl (C=O) groups excluding carboxylic acids is 1. The molecule has 2 heterocycles. The van der Waals surface area contributed by atoms with Crippen LogP contribution in [0.4, 0.5) is 10.5 Å². The Morgan fingerprint density at radius 3 is 2.83 bits per heavy atom. The smallest absolute Gasteiger partial charge is 0.315 e. The summed E-state index contributed by atoms with van der Waals surface area (Å²) in [6.45, 7) is 4.23. The van der Waals surface area contributed by atoms with E-state index < -0.39 is 0 Å². The van der Waals surface area contributed by atoms with Crippen LogP contribution in [0.25, 0.3) is 0 Å². The zero-order valence-corrected chi connectivity index (χ0v) is 13.9. The van der Waals surface area contributed by atoms with Crippen molar-refractivity contribution < 1.29 is 4.79 Å². The number of aromatic nitrogens is 3. The van der Waals surface area contributed by atoms with Gasteiger partial charge in [-0.05, 0) is 24.6 Å². The van der Waals surface area contributed by atoms with Crippen molar-refractivity contribution in [1.82, 2.24) is 25.4 Å². The van der Waals surface area contributed by atoms with Crippen molar-refractivity contribution in [3.8, 4) is 0 Å². The van der Waals surface area contributed by atoms with Gasteiger partial charge in [0.05, 0.1) is 6.04 Å². The largest absolute Gasteiger partial charge is 0.364 e. The van der Waals surface area contributed by atoms with E-state index in [2.05, 4.69) is 50.0 Å². The first-order valence-electron chi connectivity index (χ1n) is 8.00. The minimum Gasteiger partial charge on any atom is -0.364 e. The summed E-state index contributed by atoms with van der Waals surface area (Å²) < 4.78 is 1.79. The number of anilines is 1. The lowest BCUT2D eigenvalue weighted by Gasteiger charge is -2.19. The molecular weight excluding hydrogens is 304 g/mol. The number of hydrogen-bond acceptors (Lipinski definition) is 4. The Morgan fingerprint density at radius 2 is 2.12 bits per heavy atom. The third-order valence-corrected chi connectivity index (χ3v) is 4.03. The molecule has 2 aromatic rings. The summed E-state index contributed by atoms with van der Waals surface area (Å²) in [5.74, 6) is 0.716. The van der Waals surface area contributed by atoms with Gasteiger partial charge < -0.3 is 20.1 Å². The molecule has 0 aliphatic carbocycles. The lowest BCUT2D eigenvalue weighted by atomic mass is 10.2. The average Bonchev–Trinajstić information content (AvgIpc) is 3.24. The van der Waals surface area contributed by atoms with E-state index in [9.17, 15) is 4.79 Å². The second kappa shape index (κ2) is 7.16. The van der Waals surface area contributed by atoms with Crippen molar-refractivity contribution in [2.24, 2.45) is 7.05 Å². The zero-order valence-electron chi connectivity index (χ0n) is 13.9. The molecule has 2 N–H and O–H groups in total. The number of carbonyl (C=O) groups is 1. The van der Waals surface area contributed by atoms with E-state index >= 15 is 0 Å². The summed E-state index contributed by atoms with van der Waals surface area (Å²) in [6.07, 6.45) is 5.93. The highest BCUT2D eigenvalue weighted by atomic mass is 16.2. The van der Waals surface area contributed by atoms with Crippen LogP contribution >= 0.6 is 0 Å². The topological polar surface area (TPSA) is 75.1 Å². The van der Waals surface area contributed by atoms with E-state index in [0.717, 1.165) is 18.7 Å². The summed E-state index contributed by atoms with van der Waals surface area (Å²) in [5.41, 5.74) is 2.24. The Bertz CT molecular complexity index is 730. The number of benzene rings is 1. The van der Waals surface area contributed by atoms with Crippen LogP contribution < -0.4 is 15.5 Å². The van der Waals surface area contributed by atoms with Gasteiger partial charge in [0.15, 0.2) is 5.82 Å². The van der Waals surface area contributed by atoms with E-state index in [4.69, 9.17) is 0 Å². The Labute approximate surface area is 141 Å². The van der Waals surface area contributed by atoms with Crippen molar-refractivity contribution in [2.75, 3.05) is 18.0 Å². The van der Waals surface area contributed by atoms with Crippen molar-refractivity contribution in [3.05, 3.63) is 54.1 Å². The fourth-order valence-electron chi connectivity index (χ4n) is 2.73. The van der Waals surface area contributed by atoms with Gasteiger partial charge in [0.2, 0.25) is 0 Å². The van der Waals surface area contributed by atoms with Crippen molar-refractivity contribution in [2.45, 2.75) is 19.5 Å². The first-order valence-corrected chi connectivity index (χ1v) is 8.00. The Balaban J connectivity index is 1.53. The summed E-state index contributed by atoms with van der Waals surface area (Å²) in [4.78, 5) is 14.4. The van der Waals surface area contributed by atoms with Crippen LogP contribution in [0.1, 0.15) is 24.4 Å². The van der Waals surface area contributed by atoms with Crippen LogP contribution in [0.5, 0.6) is 0 Å². The molecule has 0 saturated heterocycles. The highest BCUT2D eigenvalue weighted by Crippen LogP contribution is 2.18. The number of hydrogen-bond donors (Lipinski definition) is 2. The molecule has 1 aliphatic heterocycles. The number of amides is 2. The van der Waals surface area contributed by atoms with Gasteiger partial charge in [0, 0.05) is 32.4 Å². The fourth-order valence-corrected chi connectivity index (χ4v) is 2.73. The maximum absolute atomic E-state index is 12.1. The molecule has 0 fully saturated rings. The van der Waals surface area contributed by atoms with Gasteiger partial charge in [0.25, 0.3) is 0 Å². The number of aryl methyl sites for hydroxylation is 1. The Morgan fingerprint density at radius 1 is 1.33 bits per heavy atom. The van der Waals surface area contributed by atoms with Gasteiger partial charge in [-0.15, -0.1) is 10.2 Å². The molecule has 0 saturated carbocycles. The van der Waals surface area contributed by atoms with Gasteiger partial charge in [-0.1, -0.05) is 24.3 Å². The SMILES string of the molecule is CC(NC(=O)NCc1cccc(N2CC=CC2)c1)c1nncn1C. The third kappa shape index (κ3) is 3.73. The van der Waals surface area contributed by atoms with E-state index in [1.165, 1.54) is 5.69 Å². The van der Waals surface area contributed by atoms with Gasteiger partial charge in [-0.25, -0.2) is 4.79 Å². The van der Waals surface area contributed by atoms with Gasteiger partial charge in [0.1, 0.15) is 6.33 Å². The van der Waals surface area contributed by atoms with E-state index in [1.807, 2.05) is 26.1 Å². The monoisotopic (exact) mass is 326 g/mol. The van der Waals surface area contributed by atoms with E-state index in [1.54, 1.807) is 10.9 Å². The van der Waals surface area contributed by atoms with E-state index in [0.29, 0.717) is 12.4 Å². The van der Waals surface area contributed by atoms with Crippen LogP contribution in [0, 0.1) is 0 Å². The number of nitrogens with one attached hydrogen (secondary N) is 2. The normalized spacial score (nSPS) is 14.7. The van der Waals surface area contributed by atoms with Crippen LogP contribution in [0.2, 0.25) is 0 Å². The molecule has 1 aliphatic rings. The number of rotatable bonds is 5. The lowest BCUT2D eigenvalue weighted by Crippen LogP contribution is -2.37. The molecule has 0 radical (unpaired) electrons. The third-order valence-electron chi connectivity index (χ3n) is 4.03. The minimum absolute atomic E-state index is 0.209. The summed E-state index contributed by atoms with van der Waals surface area (Å²) >= 11 is 0. The average molecular weight is 326 g/mol. The maximum atomic E-state index is 12.1. The van der Waals surface area contributed by atoms with Gasteiger partial charge >= 0.3 is 6.03 Å². The predicted molar refractivity (Wildman–Crippen MR) is 92.6 cm³/mol. The first kappa shape index (κ1) is 16.0. The minimum atomic E-state index is -0.223. The molecule has 0 bridgehead atoms. The fraction of sp³-hybridized carbons (Fsp3) is 0.353.